The minimum Gasteiger partial charge on any atom is -0.493 e. The second-order valence-electron chi connectivity index (χ2n) is 21.0. The Kier molecular flexibility index (Phi) is 17.4. The zero-order chi connectivity index (χ0) is 52.6. The van der Waals surface area contributed by atoms with Crippen molar-refractivity contribution in [1.29, 1.82) is 0 Å². The third-order valence-corrected chi connectivity index (χ3v) is 16.5. The monoisotopic (exact) mass is 1040 g/mol. The molecule has 1 N–H and O–H groups in total. The number of carbonyl (C=O) groups is 3. The lowest BCUT2D eigenvalue weighted by atomic mass is 9.91. The lowest BCUT2D eigenvalue weighted by molar-refractivity contribution is -0.120. The SMILES string of the molecule is CNC(=O)CCCSC(C)(C)CN(CCOCCOCCOC)c1cc(COc2cc3c(cc2C)C(=O)N2c4ccccc4C[C@H]2C(C)C3)cc(COc2cc3c(cc2OC)C(=O)N2c4ccccc4C[C@H]2CC3)c1. The molecule has 0 radical (unpaired) electrons. The average molecular weight is 1040 g/mol. The van der Waals surface area contributed by atoms with E-state index in [1.54, 1.807) is 21.3 Å². The summed E-state index contributed by atoms with van der Waals surface area (Å²) in [7, 11) is 4.96. The van der Waals surface area contributed by atoms with Crippen LogP contribution in [0.2, 0.25) is 0 Å². The fraction of sp³-hybridized carbons (Fsp3) is 0.459. The molecule has 75 heavy (non-hydrogen) atoms. The van der Waals surface area contributed by atoms with Crippen LogP contribution >= 0.6 is 11.8 Å². The first-order valence-corrected chi connectivity index (χ1v) is 27.6. The third kappa shape index (κ3) is 12.5. The first kappa shape index (κ1) is 53.8. The highest BCUT2D eigenvalue weighted by Gasteiger charge is 2.41. The summed E-state index contributed by atoms with van der Waals surface area (Å²) in [5, 5.41) is 2.74. The summed E-state index contributed by atoms with van der Waals surface area (Å²) < 4.78 is 36.3. The van der Waals surface area contributed by atoms with Gasteiger partial charge in [-0.25, -0.2) is 0 Å². The Morgan fingerprint density at radius 1 is 0.733 bits per heavy atom. The van der Waals surface area contributed by atoms with Gasteiger partial charge in [0, 0.05) is 78.7 Å². The average Bonchev–Trinajstić information content (AvgIpc) is 3.93. The molecule has 3 atom stereocenters. The minimum absolute atomic E-state index is 0.00758. The smallest absolute Gasteiger partial charge is 0.258 e. The highest BCUT2D eigenvalue weighted by atomic mass is 32.2. The van der Waals surface area contributed by atoms with Crippen molar-refractivity contribution in [2.24, 2.45) is 5.92 Å². The van der Waals surface area contributed by atoms with Gasteiger partial charge in [0.1, 0.15) is 19.0 Å². The number of aryl methyl sites for hydroxylation is 2. The summed E-state index contributed by atoms with van der Waals surface area (Å²) in [6.07, 6.45) is 5.33. The number of ether oxygens (including phenoxy) is 6. The molecular formula is C61H74N4O9S. The number of rotatable bonds is 24. The first-order valence-electron chi connectivity index (χ1n) is 26.6. The maximum absolute atomic E-state index is 14.4. The fourth-order valence-electron chi connectivity index (χ4n) is 11.3. The zero-order valence-corrected chi connectivity index (χ0v) is 45.7. The number of nitrogens with one attached hydrogen (secondary N) is 1. The van der Waals surface area contributed by atoms with Gasteiger partial charge in [0.25, 0.3) is 11.8 Å². The van der Waals surface area contributed by atoms with Gasteiger partial charge in [-0.1, -0.05) is 43.3 Å². The molecule has 9 rings (SSSR count). The number of amides is 3. The predicted octanol–water partition coefficient (Wildman–Crippen LogP) is 9.97. The Bertz CT molecular complexity index is 2850. The molecule has 0 bridgehead atoms. The molecule has 4 heterocycles. The molecule has 5 aromatic carbocycles. The Morgan fingerprint density at radius 3 is 2.09 bits per heavy atom. The molecule has 398 valence electrons. The second-order valence-corrected chi connectivity index (χ2v) is 22.8. The molecule has 0 aliphatic carbocycles. The van der Waals surface area contributed by atoms with Crippen molar-refractivity contribution in [2.75, 3.05) is 87.8 Å². The number of anilines is 3. The molecule has 1 unspecified atom stereocenters. The molecule has 0 spiro atoms. The maximum Gasteiger partial charge on any atom is 0.258 e. The number of hydrogen-bond acceptors (Lipinski definition) is 11. The van der Waals surface area contributed by atoms with E-state index < -0.39 is 0 Å². The van der Waals surface area contributed by atoms with Crippen LogP contribution in [0.4, 0.5) is 17.1 Å². The van der Waals surface area contributed by atoms with Crippen LogP contribution in [-0.2, 0) is 57.9 Å². The van der Waals surface area contributed by atoms with Crippen molar-refractivity contribution in [3.8, 4) is 17.2 Å². The molecule has 5 aromatic rings. The van der Waals surface area contributed by atoms with Gasteiger partial charge in [-0.2, -0.15) is 11.8 Å². The van der Waals surface area contributed by atoms with Gasteiger partial charge in [0.15, 0.2) is 11.5 Å². The molecule has 4 aliphatic rings. The van der Waals surface area contributed by atoms with Gasteiger partial charge in [-0.3, -0.25) is 14.4 Å². The molecule has 3 amide bonds. The second kappa shape index (κ2) is 24.3. The minimum atomic E-state index is -0.191. The van der Waals surface area contributed by atoms with E-state index in [9.17, 15) is 14.4 Å². The molecule has 0 saturated heterocycles. The normalized spacial score (nSPS) is 17.5. The van der Waals surface area contributed by atoms with Crippen molar-refractivity contribution in [2.45, 2.75) is 103 Å². The van der Waals surface area contributed by atoms with Crippen molar-refractivity contribution in [3.63, 3.8) is 0 Å². The fourth-order valence-corrected chi connectivity index (χ4v) is 12.3. The van der Waals surface area contributed by atoms with Crippen LogP contribution in [0.5, 0.6) is 17.2 Å². The quantitative estimate of drug-likeness (QED) is 0.0594. The standard InChI is InChI=1S/C61H74N4O9S/c1-40-27-47-35-55(41(2)28-50(47)60(68)65-53-16-11-9-14-46(53)33-54(40)65)73-37-42-29-43(31-49(30-42)63(20-21-71-24-25-72-23-22-69-6)39-61(3,4)75-26-12-17-58(66)62-5)38-74-57-34-44-18-19-48-32-45-13-8-10-15-52(45)64(48)59(67)51(44)36-56(57)70-7/h8-11,13-16,28-31,34-36,40,48,54H,12,17-27,32-33,37-39H2,1-7H3,(H,62,66)/t40?,48-,54+/m1/s1. The zero-order valence-electron chi connectivity index (χ0n) is 44.8. The van der Waals surface area contributed by atoms with E-state index in [2.05, 4.69) is 79.5 Å². The largest absolute Gasteiger partial charge is 0.493 e. The maximum atomic E-state index is 14.4. The summed E-state index contributed by atoms with van der Waals surface area (Å²) in [6.45, 7) is 13.0. The summed E-state index contributed by atoms with van der Waals surface area (Å²) in [4.78, 5) is 47.1. The molecule has 0 saturated carbocycles. The molecule has 0 fully saturated rings. The van der Waals surface area contributed by atoms with E-state index in [0.29, 0.717) is 69.6 Å². The lowest BCUT2D eigenvalue weighted by Crippen LogP contribution is -2.40. The predicted molar refractivity (Wildman–Crippen MR) is 298 cm³/mol. The molecule has 4 aliphatic heterocycles. The van der Waals surface area contributed by atoms with Gasteiger partial charge >= 0.3 is 0 Å². The summed E-state index contributed by atoms with van der Waals surface area (Å²) >= 11 is 1.86. The van der Waals surface area contributed by atoms with E-state index >= 15 is 0 Å². The number of methoxy groups -OCH3 is 2. The van der Waals surface area contributed by atoms with Gasteiger partial charge in [-0.15, -0.1) is 0 Å². The highest BCUT2D eigenvalue weighted by Crippen LogP contribution is 2.43. The number of hydrogen-bond donors (Lipinski definition) is 1. The van der Waals surface area contributed by atoms with E-state index in [1.165, 1.54) is 11.1 Å². The molecule has 0 aromatic heterocycles. The number of nitrogens with zero attached hydrogens (tertiary/aromatic N) is 3. The van der Waals surface area contributed by atoms with Crippen LogP contribution in [-0.4, -0.2) is 108 Å². The Morgan fingerprint density at radius 2 is 1.37 bits per heavy atom. The third-order valence-electron chi connectivity index (χ3n) is 15.1. The van der Waals surface area contributed by atoms with Gasteiger partial charge < -0.3 is 48.4 Å². The van der Waals surface area contributed by atoms with Crippen LogP contribution in [0.25, 0.3) is 0 Å². The van der Waals surface area contributed by atoms with Crippen molar-refractivity contribution >= 4 is 46.5 Å². The van der Waals surface area contributed by atoms with Crippen molar-refractivity contribution in [1.82, 2.24) is 5.32 Å². The Labute approximate surface area is 447 Å². The summed E-state index contributed by atoms with van der Waals surface area (Å²) in [5.74, 6) is 3.02. The van der Waals surface area contributed by atoms with Gasteiger partial charge in [0.05, 0.1) is 40.1 Å². The Balaban J connectivity index is 0.998. The van der Waals surface area contributed by atoms with Crippen molar-refractivity contribution < 1.29 is 42.8 Å². The van der Waals surface area contributed by atoms with Gasteiger partial charge in [-0.05, 0) is 165 Å². The Hall–Kier alpha value is -6.06. The van der Waals surface area contributed by atoms with E-state index in [0.717, 1.165) is 100 Å². The lowest BCUT2D eigenvalue weighted by Gasteiger charge is -2.34. The molecule has 14 heteroatoms. The highest BCUT2D eigenvalue weighted by molar-refractivity contribution is 8.00. The summed E-state index contributed by atoms with van der Waals surface area (Å²) in [5.41, 5.74) is 11.6. The van der Waals surface area contributed by atoms with Crippen LogP contribution in [0.15, 0.2) is 91.0 Å². The number of benzene rings is 5. The van der Waals surface area contributed by atoms with E-state index in [4.69, 9.17) is 28.4 Å². The number of carbonyl (C=O) groups excluding carboxylic acids is 3. The number of thioether (sulfide) groups is 1. The van der Waals surface area contributed by atoms with E-state index in [1.807, 2.05) is 71.0 Å². The van der Waals surface area contributed by atoms with Crippen LogP contribution in [0, 0.1) is 12.8 Å². The van der Waals surface area contributed by atoms with Crippen LogP contribution in [0.1, 0.15) is 99.7 Å². The first-order chi connectivity index (χ1) is 36.3. The van der Waals surface area contributed by atoms with Crippen LogP contribution in [0.3, 0.4) is 0 Å². The molecule has 13 nitrogen and oxygen atoms in total. The summed E-state index contributed by atoms with van der Waals surface area (Å²) in [6, 6.07) is 31.2. The topological polar surface area (TPSA) is 128 Å². The number of fused-ring (bicyclic) bond motifs is 8. The van der Waals surface area contributed by atoms with E-state index in [-0.39, 0.29) is 53.7 Å². The van der Waals surface area contributed by atoms with Crippen molar-refractivity contribution in [3.05, 3.63) is 141 Å². The van der Waals surface area contributed by atoms with Gasteiger partial charge in [0.2, 0.25) is 5.91 Å². The van der Waals surface area contributed by atoms with Crippen LogP contribution < -0.4 is 34.2 Å². The number of para-hydroxylation sites is 2. The molecular weight excluding hydrogens is 965 g/mol.